The lowest BCUT2D eigenvalue weighted by Crippen LogP contribution is -2.29. The molecule has 20 heavy (non-hydrogen) atoms. The average Bonchev–Trinajstić information content (AvgIpc) is 2.41. The molecule has 106 valence electrons. The van der Waals surface area contributed by atoms with Gasteiger partial charge in [-0.05, 0) is 43.2 Å². The highest BCUT2D eigenvalue weighted by Crippen LogP contribution is 2.27. The van der Waals surface area contributed by atoms with Crippen LogP contribution in [0.1, 0.15) is 24.2 Å². The summed E-state index contributed by atoms with van der Waals surface area (Å²) in [5, 5.41) is 0. The first kappa shape index (κ1) is 14.5. The van der Waals surface area contributed by atoms with Crippen molar-refractivity contribution in [2.45, 2.75) is 26.0 Å². The monoisotopic (exact) mass is 277 g/mol. The number of hydrogen-bond acceptors (Lipinski definition) is 2. The van der Waals surface area contributed by atoms with Crippen LogP contribution in [0.15, 0.2) is 42.5 Å². The summed E-state index contributed by atoms with van der Waals surface area (Å²) in [6.45, 7) is 3.43. The Morgan fingerprint density at radius 2 is 1.70 bits per heavy atom. The van der Waals surface area contributed by atoms with Crippen LogP contribution in [-0.4, -0.2) is 6.04 Å². The van der Waals surface area contributed by atoms with Gasteiger partial charge in [0.2, 0.25) is 0 Å². The first-order chi connectivity index (χ1) is 9.49. The highest BCUT2D eigenvalue weighted by atomic mass is 19.1. The van der Waals surface area contributed by atoms with Crippen molar-refractivity contribution < 1.29 is 13.5 Å². The van der Waals surface area contributed by atoms with Crippen LogP contribution in [-0.2, 0) is 0 Å². The second kappa shape index (κ2) is 6.01. The third kappa shape index (κ3) is 3.14. The van der Waals surface area contributed by atoms with Crippen LogP contribution in [0.5, 0.6) is 5.75 Å². The average molecular weight is 277 g/mol. The van der Waals surface area contributed by atoms with Crippen molar-refractivity contribution in [3.05, 3.63) is 65.2 Å². The predicted octanol–water partition coefficient (Wildman–Crippen LogP) is 3.74. The topological polar surface area (TPSA) is 35.2 Å². The SMILES string of the molecule is Cc1cccc(OC(c2ccc(F)cc2)C(C)N)c1F. The van der Waals surface area contributed by atoms with E-state index in [2.05, 4.69) is 0 Å². The van der Waals surface area contributed by atoms with Gasteiger partial charge < -0.3 is 10.5 Å². The molecule has 2 N–H and O–H groups in total. The molecule has 2 atom stereocenters. The van der Waals surface area contributed by atoms with E-state index in [4.69, 9.17) is 10.5 Å². The van der Waals surface area contributed by atoms with Gasteiger partial charge in [0.15, 0.2) is 11.6 Å². The van der Waals surface area contributed by atoms with E-state index in [0.717, 1.165) is 0 Å². The van der Waals surface area contributed by atoms with E-state index in [9.17, 15) is 8.78 Å². The van der Waals surface area contributed by atoms with Crippen LogP contribution in [0.3, 0.4) is 0 Å². The van der Waals surface area contributed by atoms with E-state index in [1.807, 2.05) is 0 Å². The molecule has 0 amide bonds. The largest absolute Gasteiger partial charge is 0.481 e. The molecule has 0 spiro atoms. The summed E-state index contributed by atoms with van der Waals surface area (Å²) in [6.07, 6.45) is -0.535. The smallest absolute Gasteiger partial charge is 0.167 e. The first-order valence-corrected chi connectivity index (χ1v) is 6.42. The summed E-state index contributed by atoms with van der Waals surface area (Å²) in [5.74, 6) is -0.587. The zero-order valence-corrected chi connectivity index (χ0v) is 11.4. The lowest BCUT2D eigenvalue weighted by molar-refractivity contribution is 0.172. The summed E-state index contributed by atoms with van der Waals surface area (Å²) < 4.78 is 32.6. The van der Waals surface area contributed by atoms with Crippen molar-refractivity contribution >= 4 is 0 Å². The Morgan fingerprint density at radius 3 is 2.30 bits per heavy atom. The molecule has 4 heteroatoms. The summed E-state index contributed by atoms with van der Waals surface area (Å²) >= 11 is 0. The zero-order chi connectivity index (χ0) is 14.7. The van der Waals surface area contributed by atoms with Crippen LogP contribution in [0.4, 0.5) is 8.78 Å². The second-order valence-corrected chi connectivity index (χ2v) is 4.84. The van der Waals surface area contributed by atoms with Gasteiger partial charge in [-0.2, -0.15) is 0 Å². The molecule has 0 aromatic heterocycles. The molecular formula is C16H17F2NO. The number of benzene rings is 2. The Bertz CT molecular complexity index is 582. The maximum absolute atomic E-state index is 14.0. The maximum atomic E-state index is 14.0. The van der Waals surface area contributed by atoms with Gasteiger partial charge in [0.25, 0.3) is 0 Å². The number of aryl methyl sites for hydroxylation is 1. The van der Waals surface area contributed by atoms with E-state index in [0.29, 0.717) is 11.1 Å². The Balaban J connectivity index is 2.30. The number of nitrogens with two attached hydrogens (primary N) is 1. The molecule has 2 nitrogen and oxygen atoms in total. The first-order valence-electron chi connectivity index (χ1n) is 6.42. The fourth-order valence-electron chi connectivity index (χ4n) is 1.98. The van der Waals surface area contributed by atoms with Crippen LogP contribution < -0.4 is 10.5 Å². The third-order valence-electron chi connectivity index (χ3n) is 3.09. The van der Waals surface area contributed by atoms with Crippen molar-refractivity contribution in [3.8, 4) is 5.75 Å². The van der Waals surface area contributed by atoms with Crippen molar-refractivity contribution in [3.63, 3.8) is 0 Å². The van der Waals surface area contributed by atoms with Gasteiger partial charge in [-0.1, -0.05) is 24.3 Å². The quantitative estimate of drug-likeness (QED) is 0.924. The molecule has 2 unspecified atom stereocenters. The summed E-state index contributed by atoms with van der Waals surface area (Å²) in [4.78, 5) is 0. The van der Waals surface area contributed by atoms with Crippen molar-refractivity contribution in [2.24, 2.45) is 5.73 Å². The van der Waals surface area contributed by atoms with Gasteiger partial charge in [-0.3, -0.25) is 0 Å². The molecule has 0 heterocycles. The van der Waals surface area contributed by atoms with E-state index in [1.54, 1.807) is 44.2 Å². The molecular weight excluding hydrogens is 260 g/mol. The molecule has 0 aliphatic carbocycles. The Morgan fingerprint density at radius 1 is 1.05 bits per heavy atom. The Kier molecular flexibility index (Phi) is 4.35. The second-order valence-electron chi connectivity index (χ2n) is 4.84. The minimum atomic E-state index is -0.535. The van der Waals surface area contributed by atoms with Crippen LogP contribution in [0, 0.1) is 18.6 Å². The fourth-order valence-corrected chi connectivity index (χ4v) is 1.98. The molecule has 0 saturated carbocycles. The lowest BCUT2D eigenvalue weighted by atomic mass is 10.0. The van der Waals surface area contributed by atoms with E-state index in [1.165, 1.54) is 12.1 Å². The zero-order valence-electron chi connectivity index (χ0n) is 11.4. The van der Waals surface area contributed by atoms with E-state index < -0.39 is 11.9 Å². The minimum absolute atomic E-state index is 0.150. The van der Waals surface area contributed by atoms with Crippen molar-refractivity contribution in [1.29, 1.82) is 0 Å². The highest BCUT2D eigenvalue weighted by Gasteiger charge is 2.20. The molecule has 0 radical (unpaired) electrons. The standard InChI is InChI=1S/C16H17F2NO/c1-10-4-3-5-14(15(10)18)20-16(11(2)19)12-6-8-13(17)9-7-12/h3-9,11,16H,19H2,1-2H3. The molecule has 0 fully saturated rings. The summed E-state index contributed by atoms with van der Waals surface area (Å²) in [7, 11) is 0. The maximum Gasteiger partial charge on any atom is 0.167 e. The highest BCUT2D eigenvalue weighted by molar-refractivity contribution is 5.31. The van der Waals surface area contributed by atoms with Gasteiger partial charge in [0, 0.05) is 6.04 Å². The van der Waals surface area contributed by atoms with Gasteiger partial charge >= 0.3 is 0 Å². The molecule has 0 aliphatic heterocycles. The summed E-state index contributed by atoms with van der Waals surface area (Å²) in [5.41, 5.74) is 7.12. The van der Waals surface area contributed by atoms with Gasteiger partial charge in [0.05, 0.1) is 0 Å². The van der Waals surface area contributed by atoms with Crippen molar-refractivity contribution in [1.82, 2.24) is 0 Å². The van der Waals surface area contributed by atoms with Crippen molar-refractivity contribution in [2.75, 3.05) is 0 Å². The molecule has 0 bridgehead atoms. The molecule has 2 aromatic rings. The van der Waals surface area contributed by atoms with Crippen LogP contribution in [0.2, 0.25) is 0 Å². The summed E-state index contributed by atoms with van der Waals surface area (Å²) in [6, 6.07) is 10.4. The van der Waals surface area contributed by atoms with Crippen LogP contribution in [0.25, 0.3) is 0 Å². The number of hydrogen-bond donors (Lipinski definition) is 1. The molecule has 0 saturated heterocycles. The van der Waals surface area contributed by atoms with Gasteiger partial charge in [-0.15, -0.1) is 0 Å². The fraction of sp³-hybridized carbons (Fsp3) is 0.250. The normalized spacial score (nSPS) is 13.8. The predicted molar refractivity (Wildman–Crippen MR) is 74.6 cm³/mol. The Labute approximate surface area is 117 Å². The van der Waals surface area contributed by atoms with E-state index >= 15 is 0 Å². The van der Waals surface area contributed by atoms with Crippen LogP contribution >= 0.6 is 0 Å². The third-order valence-corrected chi connectivity index (χ3v) is 3.09. The number of halogens is 2. The van der Waals surface area contributed by atoms with E-state index in [-0.39, 0.29) is 17.6 Å². The molecule has 2 aromatic carbocycles. The Hall–Kier alpha value is -1.94. The van der Waals surface area contributed by atoms with Gasteiger partial charge in [-0.25, -0.2) is 8.78 Å². The number of rotatable bonds is 4. The molecule has 2 rings (SSSR count). The molecule has 0 aliphatic rings. The minimum Gasteiger partial charge on any atom is -0.481 e. The van der Waals surface area contributed by atoms with Gasteiger partial charge in [0.1, 0.15) is 11.9 Å². The lowest BCUT2D eigenvalue weighted by Gasteiger charge is -2.23. The number of ether oxygens (including phenoxy) is 1.